The van der Waals surface area contributed by atoms with Crippen LogP contribution in [0.2, 0.25) is 0 Å². The summed E-state index contributed by atoms with van der Waals surface area (Å²) in [5, 5.41) is 14.2. The van der Waals surface area contributed by atoms with E-state index in [4.69, 9.17) is 0 Å². The Bertz CT molecular complexity index is 944. The molecule has 0 spiro atoms. The zero-order valence-electron chi connectivity index (χ0n) is 14.9. The topological polar surface area (TPSA) is 92.6 Å². The zero-order chi connectivity index (χ0) is 20.4. The summed E-state index contributed by atoms with van der Waals surface area (Å²) in [7, 11) is -0.612. The second-order valence-electron chi connectivity index (χ2n) is 6.18. The summed E-state index contributed by atoms with van der Waals surface area (Å²) in [5.41, 5.74) is -0.838. The average Bonchev–Trinajstić information content (AvgIpc) is 2.55. The van der Waals surface area contributed by atoms with Crippen LogP contribution in [-0.4, -0.2) is 45.1 Å². The fourth-order valence-corrected chi connectivity index (χ4v) is 3.59. The van der Waals surface area contributed by atoms with Gasteiger partial charge in [0.2, 0.25) is 0 Å². The smallest absolute Gasteiger partial charge is 0.310 e. The highest BCUT2D eigenvalue weighted by molar-refractivity contribution is 7.90. The molecule has 10 heteroatoms. The van der Waals surface area contributed by atoms with Crippen LogP contribution in [0.15, 0.2) is 41.3 Å². The SMILES string of the molecule is CN(C)C(CNc1cccc(S(C)(=O)=O)c1[N+](=O)[O-])c1c(F)cccc1F. The molecule has 2 aromatic carbocycles. The fraction of sp³-hybridized carbons (Fsp3) is 0.294. The molecule has 0 aliphatic carbocycles. The predicted octanol–water partition coefficient (Wildman–Crippen LogP) is 2.99. The molecule has 0 fully saturated rings. The maximum absolute atomic E-state index is 14.1. The van der Waals surface area contributed by atoms with E-state index in [1.807, 2.05) is 0 Å². The van der Waals surface area contributed by atoms with Crippen LogP contribution < -0.4 is 5.32 Å². The lowest BCUT2D eigenvalue weighted by Gasteiger charge is -2.26. The molecule has 0 saturated carbocycles. The minimum atomic E-state index is -3.83. The summed E-state index contributed by atoms with van der Waals surface area (Å²) < 4.78 is 51.9. The lowest BCUT2D eigenvalue weighted by molar-refractivity contribution is -0.386. The molecule has 0 aliphatic heterocycles. The number of para-hydroxylation sites is 1. The third-order valence-corrected chi connectivity index (χ3v) is 5.15. The first-order valence-corrected chi connectivity index (χ1v) is 9.74. The van der Waals surface area contributed by atoms with E-state index in [-0.39, 0.29) is 17.8 Å². The molecule has 0 saturated heterocycles. The Morgan fingerprint density at radius 1 is 1.15 bits per heavy atom. The molecule has 1 unspecified atom stereocenters. The molecule has 27 heavy (non-hydrogen) atoms. The first-order valence-electron chi connectivity index (χ1n) is 7.85. The number of nitro benzene ring substituents is 1. The Morgan fingerprint density at radius 2 is 1.70 bits per heavy atom. The number of nitrogens with zero attached hydrogens (tertiary/aromatic N) is 2. The van der Waals surface area contributed by atoms with E-state index in [0.717, 1.165) is 24.5 Å². The zero-order valence-corrected chi connectivity index (χ0v) is 15.8. The monoisotopic (exact) mass is 399 g/mol. The van der Waals surface area contributed by atoms with E-state index in [2.05, 4.69) is 5.32 Å². The van der Waals surface area contributed by atoms with Gasteiger partial charge in [-0.2, -0.15) is 0 Å². The second-order valence-corrected chi connectivity index (χ2v) is 8.16. The number of benzene rings is 2. The molecule has 146 valence electrons. The number of anilines is 1. The molecular formula is C17H19F2N3O4S. The van der Waals surface area contributed by atoms with E-state index in [1.54, 1.807) is 19.0 Å². The van der Waals surface area contributed by atoms with Crippen LogP contribution in [0.25, 0.3) is 0 Å². The maximum Gasteiger partial charge on any atom is 0.310 e. The van der Waals surface area contributed by atoms with Gasteiger partial charge in [-0.05, 0) is 38.4 Å². The number of hydrogen-bond donors (Lipinski definition) is 1. The second kappa shape index (κ2) is 7.97. The molecule has 2 aromatic rings. The van der Waals surface area contributed by atoms with Gasteiger partial charge in [0.1, 0.15) is 22.2 Å². The average molecular weight is 399 g/mol. The Hall–Kier alpha value is -2.59. The Balaban J connectivity index is 2.43. The van der Waals surface area contributed by atoms with Crippen LogP contribution in [0.4, 0.5) is 20.2 Å². The van der Waals surface area contributed by atoms with Crippen molar-refractivity contribution in [1.29, 1.82) is 0 Å². The van der Waals surface area contributed by atoms with Gasteiger partial charge in [-0.1, -0.05) is 12.1 Å². The highest BCUT2D eigenvalue weighted by Crippen LogP contribution is 2.33. The number of rotatable bonds is 7. The van der Waals surface area contributed by atoms with Crippen LogP contribution in [0.5, 0.6) is 0 Å². The molecule has 0 amide bonds. The van der Waals surface area contributed by atoms with Crippen molar-refractivity contribution in [3.63, 3.8) is 0 Å². The summed E-state index contributed by atoms with van der Waals surface area (Å²) in [6.45, 7) is -0.0844. The van der Waals surface area contributed by atoms with Crippen molar-refractivity contribution in [2.24, 2.45) is 0 Å². The molecule has 2 rings (SSSR count). The predicted molar refractivity (Wildman–Crippen MR) is 97.5 cm³/mol. The molecule has 0 radical (unpaired) electrons. The highest BCUT2D eigenvalue weighted by atomic mass is 32.2. The molecule has 0 aliphatic rings. The maximum atomic E-state index is 14.1. The van der Waals surface area contributed by atoms with Crippen molar-refractivity contribution >= 4 is 21.2 Å². The first-order chi connectivity index (χ1) is 12.5. The molecular weight excluding hydrogens is 380 g/mol. The van der Waals surface area contributed by atoms with Gasteiger partial charge in [0.25, 0.3) is 0 Å². The fourth-order valence-electron chi connectivity index (χ4n) is 2.73. The van der Waals surface area contributed by atoms with E-state index in [9.17, 15) is 27.3 Å². The summed E-state index contributed by atoms with van der Waals surface area (Å²) >= 11 is 0. The summed E-state index contributed by atoms with van der Waals surface area (Å²) in [6.07, 6.45) is 0.871. The van der Waals surface area contributed by atoms with Crippen LogP contribution in [0.3, 0.4) is 0 Å². The minimum absolute atomic E-state index is 0.0495. The standard InChI is InChI=1S/C17H19F2N3O4S/c1-21(2)14(16-11(18)6-4-7-12(16)19)10-20-13-8-5-9-15(27(3,25)26)17(13)22(23)24/h4-9,14,20H,10H2,1-3H3. The van der Waals surface area contributed by atoms with E-state index < -0.39 is 43.0 Å². The van der Waals surface area contributed by atoms with Crippen LogP contribution in [0, 0.1) is 21.7 Å². The van der Waals surface area contributed by atoms with E-state index in [0.29, 0.717) is 0 Å². The highest BCUT2D eigenvalue weighted by Gasteiger charge is 2.28. The van der Waals surface area contributed by atoms with Crippen molar-refractivity contribution in [3.8, 4) is 0 Å². The largest absolute Gasteiger partial charge is 0.378 e. The van der Waals surface area contributed by atoms with Gasteiger partial charge in [0, 0.05) is 18.4 Å². The van der Waals surface area contributed by atoms with Gasteiger partial charge in [-0.25, -0.2) is 17.2 Å². The number of halogens is 2. The van der Waals surface area contributed by atoms with Crippen LogP contribution in [0.1, 0.15) is 11.6 Å². The van der Waals surface area contributed by atoms with Gasteiger partial charge in [-0.3, -0.25) is 10.1 Å². The number of nitrogens with one attached hydrogen (secondary N) is 1. The van der Waals surface area contributed by atoms with Gasteiger partial charge in [0.15, 0.2) is 9.84 Å². The van der Waals surface area contributed by atoms with Crippen molar-refractivity contribution in [2.45, 2.75) is 10.9 Å². The van der Waals surface area contributed by atoms with Crippen molar-refractivity contribution in [2.75, 3.05) is 32.2 Å². The van der Waals surface area contributed by atoms with Crippen molar-refractivity contribution in [1.82, 2.24) is 4.90 Å². The van der Waals surface area contributed by atoms with Gasteiger partial charge >= 0.3 is 5.69 Å². The molecule has 0 aromatic heterocycles. The van der Waals surface area contributed by atoms with Gasteiger partial charge < -0.3 is 10.2 Å². The number of hydrogen-bond acceptors (Lipinski definition) is 6. The normalized spacial score (nSPS) is 12.8. The first kappa shape index (κ1) is 20.7. The van der Waals surface area contributed by atoms with Crippen molar-refractivity contribution in [3.05, 3.63) is 63.7 Å². The molecule has 1 atom stereocenters. The van der Waals surface area contributed by atoms with E-state index >= 15 is 0 Å². The molecule has 0 heterocycles. The summed E-state index contributed by atoms with van der Waals surface area (Å²) in [4.78, 5) is 11.7. The Kier molecular flexibility index (Phi) is 6.11. The molecule has 0 bridgehead atoms. The number of likely N-dealkylation sites (N-methyl/N-ethyl adjacent to an activating group) is 1. The Morgan fingerprint density at radius 3 is 2.19 bits per heavy atom. The van der Waals surface area contributed by atoms with E-state index in [1.165, 1.54) is 18.2 Å². The quantitative estimate of drug-likeness (QED) is 0.568. The summed E-state index contributed by atoms with van der Waals surface area (Å²) in [5.74, 6) is -1.48. The number of sulfone groups is 1. The van der Waals surface area contributed by atoms with Crippen molar-refractivity contribution < 1.29 is 22.1 Å². The number of nitro groups is 1. The van der Waals surface area contributed by atoms with Crippen LogP contribution in [-0.2, 0) is 9.84 Å². The summed E-state index contributed by atoms with van der Waals surface area (Å²) in [6, 6.07) is 6.56. The lowest BCUT2D eigenvalue weighted by atomic mass is 10.0. The molecule has 7 nitrogen and oxygen atoms in total. The third-order valence-electron chi connectivity index (χ3n) is 4.02. The van der Waals surface area contributed by atoms with Gasteiger partial charge in [0.05, 0.1) is 11.0 Å². The van der Waals surface area contributed by atoms with Gasteiger partial charge in [-0.15, -0.1) is 0 Å². The lowest BCUT2D eigenvalue weighted by Crippen LogP contribution is -2.29. The minimum Gasteiger partial charge on any atom is -0.378 e. The third kappa shape index (κ3) is 4.58. The Labute approximate surface area is 155 Å². The van der Waals surface area contributed by atoms with Crippen LogP contribution >= 0.6 is 0 Å². The molecule has 1 N–H and O–H groups in total.